The van der Waals surface area contributed by atoms with Crippen molar-refractivity contribution in [1.29, 1.82) is 0 Å². The first-order chi connectivity index (χ1) is 7.18. The van der Waals surface area contributed by atoms with E-state index in [2.05, 4.69) is 17.3 Å². The molecule has 0 spiro atoms. The quantitative estimate of drug-likeness (QED) is 0.818. The summed E-state index contributed by atoms with van der Waals surface area (Å²) in [6.07, 6.45) is 0. The van der Waals surface area contributed by atoms with Crippen LogP contribution in [-0.4, -0.2) is 31.6 Å². The Morgan fingerprint density at radius 2 is 2.20 bits per heavy atom. The molecule has 1 fully saturated rings. The van der Waals surface area contributed by atoms with E-state index in [-0.39, 0.29) is 0 Å². The number of nitrogens with zero attached hydrogens (tertiary/aromatic N) is 1. The summed E-state index contributed by atoms with van der Waals surface area (Å²) in [6.45, 7) is 3.00. The van der Waals surface area contributed by atoms with Gasteiger partial charge in [0.15, 0.2) is 0 Å². The number of hydrogen-bond donors (Lipinski definition) is 1. The summed E-state index contributed by atoms with van der Waals surface area (Å²) in [5.41, 5.74) is 1.11. The number of benzene rings is 1. The van der Waals surface area contributed by atoms with Gasteiger partial charge >= 0.3 is 0 Å². The highest BCUT2D eigenvalue weighted by atomic mass is 35.5. The first-order valence-electron chi connectivity index (χ1n) is 5.04. The van der Waals surface area contributed by atoms with Crippen LogP contribution in [0.15, 0.2) is 18.2 Å². The summed E-state index contributed by atoms with van der Waals surface area (Å²) in [6, 6.07) is 5.97. The van der Waals surface area contributed by atoms with Gasteiger partial charge in [-0.1, -0.05) is 23.2 Å². The normalized spacial score (nSPS) is 23.0. The summed E-state index contributed by atoms with van der Waals surface area (Å²) < 4.78 is 0. The zero-order valence-corrected chi connectivity index (χ0v) is 10.1. The van der Waals surface area contributed by atoms with Gasteiger partial charge in [0, 0.05) is 35.7 Å². The lowest BCUT2D eigenvalue weighted by Gasteiger charge is -2.33. The largest absolute Gasteiger partial charge is 0.314 e. The van der Waals surface area contributed by atoms with Crippen LogP contribution in [0.2, 0.25) is 10.0 Å². The van der Waals surface area contributed by atoms with E-state index in [0.717, 1.165) is 35.2 Å². The van der Waals surface area contributed by atoms with Crippen LogP contribution in [0.3, 0.4) is 0 Å². The minimum absolute atomic E-state index is 0.324. The summed E-state index contributed by atoms with van der Waals surface area (Å²) in [5, 5.41) is 4.90. The second-order valence-electron chi connectivity index (χ2n) is 3.87. The molecule has 15 heavy (non-hydrogen) atoms. The van der Waals surface area contributed by atoms with E-state index in [9.17, 15) is 0 Å². The molecule has 82 valence electrons. The predicted molar refractivity (Wildman–Crippen MR) is 64.7 cm³/mol. The first-order valence-corrected chi connectivity index (χ1v) is 5.80. The third-order valence-corrected chi connectivity index (χ3v) is 3.41. The number of piperazine rings is 1. The summed E-state index contributed by atoms with van der Waals surface area (Å²) in [5.74, 6) is 0. The Morgan fingerprint density at radius 1 is 1.40 bits per heavy atom. The van der Waals surface area contributed by atoms with Gasteiger partial charge in [0.1, 0.15) is 0 Å². The molecule has 1 unspecified atom stereocenters. The van der Waals surface area contributed by atoms with E-state index in [1.165, 1.54) is 0 Å². The molecule has 0 radical (unpaired) electrons. The van der Waals surface area contributed by atoms with Crippen LogP contribution in [0.25, 0.3) is 0 Å². The molecule has 0 amide bonds. The Labute approximate surface area is 100 Å². The fraction of sp³-hybridized carbons (Fsp3) is 0.455. The van der Waals surface area contributed by atoms with Crippen LogP contribution >= 0.6 is 23.2 Å². The predicted octanol–water partition coefficient (Wildman–Crippen LogP) is 2.57. The zero-order valence-electron chi connectivity index (χ0n) is 8.63. The van der Waals surface area contributed by atoms with Gasteiger partial charge in [0.2, 0.25) is 0 Å². The first kappa shape index (κ1) is 11.2. The molecule has 2 rings (SSSR count). The van der Waals surface area contributed by atoms with E-state index in [1.54, 1.807) is 0 Å². The topological polar surface area (TPSA) is 15.3 Å². The number of hydrogen-bond acceptors (Lipinski definition) is 2. The van der Waals surface area contributed by atoms with Crippen LogP contribution in [0.1, 0.15) is 11.6 Å². The van der Waals surface area contributed by atoms with Crippen LogP contribution in [0.4, 0.5) is 0 Å². The van der Waals surface area contributed by atoms with E-state index in [0.29, 0.717) is 6.04 Å². The maximum absolute atomic E-state index is 6.18. The standard InChI is InChI=1S/C11H14Cl2N2/c1-15-5-4-14-7-11(15)9-6-8(12)2-3-10(9)13/h2-3,6,11,14H,4-5,7H2,1H3. The molecule has 0 aromatic heterocycles. The minimum Gasteiger partial charge on any atom is -0.314 e. The average Bonchev–Trinajstić information content (AvgIpc) is 2.23. The van der Waals surface area contributed by atoms with Gasteiger partial charge in [-0.2, -0.15) is 0 Å². The molecular weight excluding hydrogens is 231 g/mol. The molecule has 1 saturated heterocycles. The van der Waals surface area contributed by atoms with E-state index >= 15 is 0 Å². The lowest BCUT2D eigenvalue weighted by Crippen LogP contribution is -2.43. The highest BCUT2D eigenvalue weighted by molar-refractivity contribution is 6.33. The molecule has 0 aliphatic carbocycles. The van der Waals surface area contributed by atoms with Gasteiger partial charge in [-0.25, -0.2) is 0 Å². The van der Waals surface area contributed by atoms with Crippen molar-refractivity contribution in [2.45, 2.75) is 6.04 Å². The molecule has 4 heteroatoms. The highest BCUT2D eigenvalue weighted by Crippen LogP contribution is 2.29. The van der Waals surface area contributed by atoms with E-state index in [1.807, 2.05) is 18.2 Å². The fourth-order valence-corrected chi connectivity index (χ4v) is 2.35. The third-order valence-electron chi connectivity index (χ3n) is 2.83. The van der Waals surface area contributed by atoms with Crippen LogP contribution in [-0.2, 0) is 0 Å². The minimum atomic E-state index is 0.324. The molecule has 1 aromatic rings. The summed E-state index contributed by atoms with van der Waals surface area (Å²) in [7, 11) is 2.11. The Morgan fingerprint density at radius 3 is 2.93 bits per heavy atom. The number of likely N-dealkylation sites (N-methyl/N-ethyl adjacent to an activating group) is 1. The molecule has 1 heterocycles. The number of nitrogens with one attached hydrogen (secondary N) is 1. The maximum Gasteiger partial charge on any atom is 0.0485 e. The highest BCUT2D eigenvalue weighted by Gasteiger charge is 2.22. The van der Waals surface area contributed by atoms with Gasteiger partial charge in [-0.05, 0) is 30.8 Å². The van der Waals surface area contributed by atoms with Crippen LogP contribution in [0, 0.1) is 0 Å². The maximum atomic E-state index is 6.18. The van der Waals surface area contributed by atoms with Crippen LogP contribution < -0.4 is 5.32 Å². The molecule has 1 aromatic carbocycles. The summed E-state index contributed by atoms with van der Waals surface area (Å²) in [4.78, 5) is 2.30. The Kier molecular flexibility index (Phi) is 3.52. The number of rotatable bonds is 1. The lowest BCUT2D eigenvalue weighted by molar-refractivity contribution is 0.202. The number of halogens is 2. The van der Waals surface area contributed by atoms with E-state index < -0.39 is 0 Å². The van der Waals surface area contributed by atoms with Crippen molar-refractivity contribution in [3.8, 4) is 0 Å². The molecule has 1 N–H and O–H groups in total. The van der Waals surface area contributed by atoms with Crippen molar-refractivity contribution < 1.29 is 0 Å². The smallest absolute Gasteiger partial charge is 0.0485 e. The Bertz CT molecular complexity index is 354. The second-order valence-corrected chi connectivity index (χ2v) is 4.71. The van der Waals surface area contributed by atoms with Crippen molar-refractivity contribution in [3.05, 3.63) is 33.8 Å². The van der Waals surface area contributed by atoms with Crippen LogP contribution in [0.5, 0.6) is 0 Å². The average molecular weight is 245 g/mol. The SMILES string of the molecule is CN1CCNCC1c1cc(Cl)ccc1Cl. The van der Waals surface area contributed by atoms with Gasteiger partial charge in [-0.15, -0.1) is 0 Å². The molecule has 1 aliphatic rings. The molecule has 0 bridgehead atoms. The second kappa shape index (κ2) is 4.71. The van der Waals surface area contributed by atoms with Crippen molar-refractivity contribution in [3.63, 3.8) is 0 Å². The van der Waals surface area contributed by atoms with Crippen molar-refractivity contribution in [1.82, 2.24) is 10.2 Å². The molecule has 1 aliphatic heterocycles. The Balaban J connectivity index is 2.30. The van der Waals surface area contributed by atoms with E-state index in [4.69, 9.17) is 23.2 Å². The fourth-order valence-electron chi connectivity index (χ4n) is 1.92. The summed E-state index contributed by atoms with van der Waals surface area (Å²) >= 11 is 12.2. The monoisotopic (exact) mass is 244 g/mol. The van der Waals surface area contributed by atoms with Gasteiger partial charge in [0.05, 0.1) is 0 Å². The Hall–Kier alpha value is -0.280. The van der Waals surface area contributed by atoms with Gasteiger partial charge in [-0.3, -0.25) is 4.90 Å². The van der Waals surface area contributed by atoms with Crippen molar-refractivity contribution in [2.24, 2.45) is 0 Å². The van der Waals surface area contributed by atoms with Crippen molar-refractivity contribution in [2.75, 3.05) is 26.7 Å². The molecule has 1 atom stereocenters. The molecule has 2 nitrogen and oxygen atoms in total. The van der Waals surface area contributed by atoms with Gasteiger partial charge in [0.25, 0.3) is 0 Å². The molecular formula is C11H14Cl2N2. The lowest BCUT2D eigenvalue weighted by atomic mass is 10.0. The zero-order chi connectivity index (χ0) is 10.8. The van der Waals surface area contributed by atoms with Gasteiger partial charge < -0.3 is 5.32 Å². The van der Waals surface area contributed by atoms with Crippen molar-refractivity contribution >= 4 is 23.2 Å². The molecule has 0 saturated carbocycles. The third kappa shape index (κ3) is 2.45.